The van der Waals surface area contributed by atoms with Crippen LogP contribution in [0.4, 0.5) is 5.69 Å². The third-order valence-corrected chi connectivity index (χ3v) is 2.32. The molecule has 0 fully saturated rings. The van der Waals surface area contributed by atoms with E-state index in [1.165, 1.54) is 10.8 Å². The van der Waals surface area contributed by atoms with E-state index in [-0.39, 0.29) is 0 Å². The summed E-state index contributed by atoms with van der Waals surface area (Å²) in [6.07, 6.45) is 0. The van der Waals surface area contributed by atoms with Gasteiger partial charge in [-0.15, -0.1) is 0 Å². The summed E-state index contributed by atoms with van der Waals surface area (Å²) in [5.41, 5.74) is 1.10. The van der Waals surface area contributed by atoms with Gasteiger partial charge in [-0.05, 0) is 11.5 Å². The number of anilines is 1. The predicted octanol–water partition coefficient (Wildman–Crippen LogP) is 3.56. The third kappa shape index (κ3) is 1.18. The maximum absolute atomic E-state index is 3.23. The Hall–Kier alpha value is -1.02. The lowest BCUT2D eigenvalue weighted by atomic mass is 10.1. The first kappa shape index (κ1) is 7.62. The van der Waals surface area contributed by atoms with Gasteiger partial charge in [0, 0.05) is 21.5 Å². The molecule has 2 rings (SSSR count). The molecule has 12 heavy (non-hydrogen) atoms. The van der Waals surface area contributed by atoms with Gasteiger partial charge in [-0.1, -0.05) is 36.4 Å². The monoisotopic (exact) mass is 221 g/mol. The molecule has 2 aromatic carbocycles. The number of nitrogens with one attached hydrogen (secondary N) is 1. The van der Waals surface area contributed by atoms with Crippen LogP contribution in [-0.4, -0.2) is 0 Å². The van der Waals surface area contributed by atoms with Gasteiger partial charge in [-0.3, -0.25) is 0 Å². The highest BCUT2D eigenvalue weighted by atomic mass is 79.9. The van der Waals surface area contributed by atoms with Crippen LogP contribution in [0.2, 0.25) is 0 Å². The van der Waals surface area contributed by atoms with Gasteiger partial charge in [0.1, 0.15) is 0 Å². The van der Waals surface area contributed by atoms with Crippen LogP contribution in [0.15, 0.2) is 42.5 Å². The lowest BCUT2D eigenvalue weighted by molar-refractivity contribution is 1.73. The molecule has 60 valence electrons. The lowest BCUT2D eigenvalue weighted by Gasteiger charge is -2.02. The van der Waals surface area contributed by atoms with E-state index in [1.54, 1.807) is 0 Å². The van der Waals surface area contributed by atoms with Gasteiger partial charge in [0.2, 0.25) is 0 Å². The predicted molar refractivity (Wildman–Crippen MR) is 56.5 cm³/mol. The van der Waals surface area contributed by atoms with Crippen molar-refractivity contribution in [2.75, 3.05) is 4.34 Å². The Labute approximate surface area is 79.7 Å². The number of hydrogen-bond acceptors (Lipinski definition) is 1. The van der Waals surface area contributed by atoms with E-state index in [9.17, 15) is 0 Å². The molecule has 1 N–H and O–H groups in total. The molecule has 0 bridgehead atoms. The summed E-state index contributed by atoms with van der Waals surface area (Å²) in [7, 11) is 0. The SMILES string of the molecule is BrNc1cccc2ccccc12. The molecule has 0 radical (unpaired) electrons. The highest BCUT2D eigenvalue weighted by molar-refractivity contribution is 9.10. The minimum Gasteiger partial charge on any atom is -0.322 e. The van der Waals surface area contributed by atoms with E-state index in [0.717, 1.165) is 5.69 Å². The molecule has 0 heterocycles. The van der Waals surface area contributed by atoms with Gasteiger partial charge in [-0.25, -0.2) is 0 Å². The Bertz CT molecular complexity index is 392. The summed E-state index contributed by atoms with van der Waals surface area (Å²) in [5, 5.41) is 2.49. The van der Waals surface area contributed by atoms with Crippen LogP contribution in [-0.2, 0) is 0 Å². The molecule has 0 saturated carbocycles. The average molecular weight is 222 g/mol. The second-order valence-electron chi connectivity index (χ2n) is 2.62. The molecule has 0 saturated heterocycles. The summed E-state index contributed by atoms with van der Waals surface area (Å²) >= 11 is 3.23. The molecule has 0 aliphatic rings. The molecule has 0 atom stereocenters. The van der Waals surface area contributed by atoms with Crippen molar-refractivity contribution in [3.05, 3.63) is 42.5 Å². The number of hydrogen-bond donors (Lipinski definition) is 1. The molecular weight excluding hydrogens is 214 g/mol. The number of rotatable bonds is 1. The van der Waals surface area contributed by atoms with Crippen LogP contribution in [0.5, 0.6) is 0 Å². The fourth-order valence-electron chi connectivity index (χ4n) is 1.31. The average Bonchev–Trinajstić information content (AvgIpc) is 2.17. The Morgan fingerprint density at radius 2 is 1.67 bits per heavy atom. The molecule has 2 heteroatoms. The zero-order valence-corrected chi connectivity index (χ0v) is 8.01. The Morgan fingerprint density at radius 1 is 0.917 bits per heavy atom. The van der Waals surface area contributed by atoms with Crippen molar-refractivity contribution in [3.63, 3.8) is 0 Å². The lowest BCUT2D eigenvalue weighted by Crippen LogP contribution is -1.80. The normalized spacial score (nSPS) is 10.1. The van der Waals surface area contributed by atoms with Gasteiger partial charge >= 0.3 is 0 Å². The summed E-state index contributed by atoms with van der Waals surface area (Å²) in [6, 6.07) is 14.4. The maximum atomic E-state index is 3.23. The van der Waals surface area contributed by atoms with Crippen LogP contribution in [0.1, 0.15) is 0 Å². The number of benzene rings is 2. The molecule has 0 aliphatic heterocycles. The summed E-state index contributed by atoms with van der Waals surface area (Å²) < 4.78 is 2.98. The molecule has 0 amide bonds. The van der Waals surface area contributed by atoms with E-state index in [2.05, 4.69) is 38.7 Å². The van der Waals surface area contributed by atoms with Crippen molar-refractivity contribution < 1.29 is 0 Å². The number of fused-ring (bicyclic) bond motifs is 1. The largest absolute Gasteiger partial charge is 0.322 e. The van der Waals surface area contributed by atoms with Crippen LogP contribution < -0.4 is 4.34 Å². The molecule has 0 spiro atoms. The minimum absolute atomic E-state index is 1.10. The van der Waals surface area contributed by atoms with Crippen molar-refractivity contribution in [1.29, 1.82) is 0 Å². The van der Waals surface area contributed by atoms with Gasteiger partial charge in [0.15, 0.2) is 0 Å². The molecule has 2 aromatic rings. The highest BCUT2D eigenvalue weighted by Gasteiger charge is 1.95. The molecule has 0 unspecified atom stereocenters. The zero-order chi connectivity index (χ0) is 8.39. The molecule has 0 aromatic heterocycles. The first-order chi connectivity index (χ1) is 5.92. The Morgan fingerprint density at radius 3 is 2.50 bits per heavy atom. The first-order valence-corrected chi connectivity index (χ1v) is 4.55. The quantitative estimate of drug-likeness (QED) is 0.727. The van der Waals surface area contributed by atoms with E-state index in [4.69, 9.17) is 0 Å². The smallest absolute Gasteiger partial charge is 0.0519 e. The molecular formula is C10H8BrN. The fraction of sp³-hybridized carbons (Fsp3) is 0. The standard InChI is InChI=1S/C10H8BrN/c11-12-10-7-3-5-8-4-1-2-6-9(8)10/h1-7,12H. The highest BCUT2D eigenvalue weighted by Crippen LogP contribution is 2.23. The van der Waals surface area contributed by atoms with Crippen LogP contribution in [0.25, 0.3) is 10.8 Å². The minimum atomic E-state index is 1.10. The van der Waals surface area contributed by atoms with E-state index in [1.807, 2.05) is 24.3 Å². The number of halogens is 1. The molecule has 0 aliphatic carbocycles. The van der Waals surface area contributed by atoms with Crippen LogP contribution in [0, 0.1) is 0 Å². The molecule has 1 nitrogen and oxygen atoms in total. The Balaban J connectivity index is 2.79. The van der Waals surface area contributed by atoms with Gasteiger partial charge in [0.25, 0.3) is 0 Å². The summed E-state index contributed by atoms with van der Waals surface area (Å²) in [6.45, 7) is 0. The van der Waals surface area contributed by atoms with Crippen molar-refractivity contribution in [3.8, 4) is 0 Å². The van der Waals surface area contributed by atoms with E-state index >= 15 is 0 Å². The van der Waals surface area contributed by atoms with Crippen molar-refractivity contribution >= 4 is 32.6 Å². The van der Waals surface area contributed by atoms with Crippen molar-refractivity contribution in [2.45, 2.75) is 0 Å². The van der Waals surface area contributed by atoms with Gasteiger partial charge in [-0.2, -0.15) is 0 Å². The maximum Gasteiger partial charge on any atom is 0.0519 e. The fourth-order valence-corrected chi connectivity index (χ4v) is 1.65. The third-order valence-electron chi connectivity index (χ3n) is 1.89. The topological polar surface area (TPSA) is 12.0 Å². The van der Waals surface area contributed by atoms with Crippen LogP contribution >= 0.6 is 16.1 Å². The summed E-state index contributed by atoms with van der Waals surface area (Å²) in [5.74, 6) is 0. The zero-order valence-electron chi connectivity index (χ0n) is 6.42. The second-order valence-corrected chi connectivity index (χ2v) is 3.02. The van der Waals surface area contributed by atoms with E-state index < -0.39 is 0 Å². The Kier molecular flexibility index (Phi) is 2.00. The van der Waals surface area contributed by atoms with Crippen molar-refractivity contribution in [1.82, 2.24) is 0 Å². The summed E-state index contributed by atoms with van der Waals surface area (Å²) in [4.78, 5) is 0. The van der Waals surface area contributed by atoms with Gasteiger partial charge in [0.05, 0.1) is 5.69 Å². The van der Waals surface area contributed by atoms with E-state index in [0.29, 0.717) is 0 Å². The second kappa shape index (κ2) is 3.15. The van der Waals surface area contributed by atoms with Crippen LogP contribution in [0.3, 0.4) is 0 Å². The first-order valence-electron chi connectivity index (χ1n) is 3.76. The van der Waals surface area contributed by atoms with Gasteiger partial charge < -0.3 is 4.34 Å². The van der Waals surface area contributed by atoms with Crippen molar-refractivity contribution in [2.24, 2.45) is 0 Å².